The van der Waals surface area contributed by atoms with Crippen LogP contribution in [0.5, 0.6) is 0 Å². The summed E-state index contributed by atoms with van der Waals surface area (Å²) < 4.78 is 3.62. The molecule has 0 radical (unpaired) electrons. The summed E-state index contributed by atoms with van der Waals surface area (Å²) in [7, 11) is 2.80. The average Bonchev–Trinajstić information content (AvgIpc) is 2.67. The summed E-state index contributed by atoms with van der Waals surface area (Å²) in [6.07, 6.45) is 0.702. The van der Waals surface area contributed by atoms with Crippen LogP contribution in [0.25, 0.3) is 10.9 Å². The zero-order valence-electron chi connectivity index (χ0n) is 15.1. The van der Waals surface area contributed by atoms with Crippen LogP contribution >= 0.6 is 11.8 Å². The van der Waals surface area contributed by atoms with Crippen molar-refractivity contribution in [3.8, 4) is 6.07 Å². The highest BCUT2D eigenvalue weighted by molar-refractivity contribution is 7.99. The maximum absolute atomic E-state index is 12.9. The van der Waals surface area contributed by atoms with Gasteiger partial charge in [0.2, 0.25) is 0 Å². The van der Waals surface area contributed by atoms with Gasteiger partial charge in [0.1, 0.15) is 16.7 Å². The van der Waals surface area contributed by atoms with E-state index in [1.165, 1.54) is 23.2 Å². The summed E-state index contributed by atoms with van der Waals surface area (Å²) >= 11 is 0.977. The van der Waals surface area contributed by atoms with Gasteiger partial charge in [-0.3, -0.25) is 23.3 Å². The maximum atomic E-state index is 12.9. The van der Waals surface area contributed by atoms with E-state index >= 15 is 0 Å². The Kier molecular flexibility index (Phi) is 5.01. The van der Waals surface area contributed by atoms with Gasteiger partial charge in [0, 0.05) is 20.6 Å². The van der Waals surface area contributed by atoms with E-state index in [0.717, 1.165) is 16.3 Å². The molecule has 0 saturated heterocycles. The van der Waals surface area contributed by atoms with Gasteiger partial charge in [0.15, 0.2) is 5.16 Å². The van der Waals surface area contributed by atoms with Gasteiger partial charge < -0.3 is 0 Å². The molecule has 0 unspecified atom stereocenters. The van der Waals surface area contributed by atoms with Crippen molar-refractivity contribution in [1.29, 1.82) is 5.26 Å². The van der Waals surface area contributed by atoms with Crippen LogP contribution in [0.1, 0.15) is 18.9 Å². The average molecular weight is 383 g/mol. The second-order valence-corrected chi connectivity index (χ2v) is 6.92. The first-order valence-corrected chi connectivity index (χ1v) is 9.09. The molecule has 0 amide bonds. The molecule has 27 heavy (non-hydrogen) atoms. The van der Waals surface area contributed by atoms with Crippen LogP contribution in [0, 0.1) is 11.3 Å². The number of fused-ring (bicyclic) bond motifs is 1. The number of nitriles is 1. The van der Waals surface area contributed by atoms with Crippen LogP contribution < -0.4 is 16.8 Å². The smallest absolute Gasteiger partial charge is 0.289 e. The van der Waals surface area contributed by atoms with Crippen molar-refractivity contribution in [2.75, 3.05) is 0 Å². The lowest BCUT2D eigenvalue weighted by atomic mass is 10.2. The van der Waals surface area contributed by atoms with Crippen molar-refractivity contribution in [3.05, 3.63) is 61.0 Å². The van der Waals surface area contributed by atoms with E-state index in [2.05, 4.69) is 4.98 Å². The summed E-state index contributed by atoms with van der Waals surface area (Å²) in [4.78, 5) is 42.0. The SMILES string of the molecule is CCCn1c(Sc2c(C#N)c(=O)n(C)c(=O)n2C)nc2ccccc2c1=O. The van der Waals surface area contributed by atoms with Crippen LogP contribution in [0.4, 0.5) is 0 Å². The molecule has 0 bridgehead atoms. The Bertz CT molecular complexity index is 1260. The number of benzene rings is 1. The van der Waals surface area contributed by atoms with Crippen molar-refractivity contribution in [2.45, 2.75) is 30.1 Å². The fourth-order valence-corrected chi connectivity index (χ4v) is 3.82. The fraction of sp³-hybridized carbons (Fsp3) is 0.278. The van der Waals surface area contributed by atoms with Crippen molar-refractivity contribution in [2.24, 2.45) is 14.1 Å². The lowest BCUT2D eigenvalue weighted by Crippen LogP contribution is -2.39. The molecule has 8 nitrogen and oxygen atoms in total. The first-order valence-electron chi connectivity index (χ1n) is 8.28. The lowest BCUT2D eigenvalue weighted by molar-refractivity contribution is 0.581. The molecule has 0 saturated carbocycles. The lowest BCUT2D eigenvalue weighted by Gasteiger charge is -2.15. The highest BCUT2D eigenvalue weighted by Crippen LogP contribution is 2.27. The minimum atomic E-state index is -0.673. The molecule has 2 heterocycles. The van der Waals surface area contributed by atoms with Gasteiger partial charge in [0.25, 0.3) is 11.1 Å². The van der Waals surface area contributed by atoms with Gasteiger partial charge in [-0.05, 0) is 30.3 Å². The van der Waals surface area contributed by atoms with E-state index in [1.807, 2.05) is 13.0 Å². The van der Waals surface area contributed by atoms with Gasteiger partial charge in [-0.25, -0.2) is 9.78 Å². The van der Waals surface area contributed by atoms with E-state index in [0.29, 0.717) is 29.0 Å². The van der Waals surface area contributed by atoms with E-state index < -0.39 is 11.2 Å². The Morgan fingerprint density at radius 2 is 1.81 bits per heavy atom. The topological polar surface area (TPSA) is 103 Å². The third-order valence-corrected chi connectivity index (χ3v) is 5.35. The predicted octanol–water partition coefficient (Wildman–Crippen LogP) is 1.23. The Morgan fingerprint density at radius 3 is 2.48 bits per heavy atom. The largest absolute Gasteiger partial charge is 0.331 e. The number of nitrogens with zero attached hydrogens (tertiary/aromatic N) is 5. The molecule has 0 N–H and O–H groups in total. The van der Waals surface area contributed by atoms with E-state index in [9.17, 15) is 19.6 Å². The monoisotopic (exact) mass is 383 g/mol. The predicted molar refractivity (Wildman–Crippen MR) is 102 cm³/mol. The standard InChI is InChI=1S/C18H17N5O3S/c1-4-9-23-15(25)11-7-5-6-8-13(11)20-17(23)27-16-12(10-19)14(24)21(2)18(26)22(16)3/h5-8H,4,9H2,1-3H3. The summed E-state index contributed by atoms with van der Waals surface area (Å²) in [5.74, 6) is 0. The molecular weight excluding hydrogens is 366 g/mol. The molecule has 3 aromatic rings. The number of hydrogen-bond acceptors (Lipinski definition) is 6. The normalized spacial score (nSPS) is 10.9. The third-order valence-electron chi connectivity index (χ3n) is 4.18. The van der Waals surface area contributed by atoms with Crippen LogP contribution in [0.3, 0.4) is 0 Å². The summed E-state index contributed by atoms with van der Waals surface area (Å²) in [5.41, 5.74) is -1.06. The van der Waals surface area contributed by atoms with Gasteiger partial charge >= 0.3 is 5.69 Å². The number of hydrogen-bond donors (Lipinski definition) is 0. The second kappa shape index (κ2) is 7.25. The van der Waals surface area contributed by atoms with E-state index in [4.69, 9.17) is 0 Å². The van der Waals surface area contributed by atoms with Crippen LogP contribution in [0.2, 0.25) is 0 Å². The molecule has 2 aromatic heterocycles. The maximum Gasteiger partial charge on any atom is 0.331 e. The van der Waals surface area contributed by atoms with Crippen molar-refractivity contribution < 1.29 is 0 Å². The summed E-state index contributed by atoms with van der Waals surface area (Å²) in [6.45, 7) is 2.37. The molecule has 9 heteroatoms. The zero-order chi connectivity index (χ0) is 19.7. The number of para-hydroxylation sites is 1. The Labute approximate surface area is 158 Å². The molecule has 138 valence electrons. The van der Waals surface area contributed by atoms with Gasteiger partial charge in [0.05, 0.1) is 10.9 Å². The molecule has 1 aromatic carbocycles. The van der Waals surface area contributed by atoms with Crippen molar-refractivity contribution >= 4 is 22.7 Å². The highest BCUT2D eigenvalue weighted by Gasteiger charge is 2.20. The third kappa shape index (κ3) is 3.08. The molecule has 0 fully saturated rings. The molecule has 0 aliphatic heterocycles. The summed E-state index contributed by atoms with van der Waals surface area (Å²) in [5, 5.41) is 10.4. The van der Waals surface area contributed by atoms with Crippen LogP contribution in [-0.2, 0) is 20.6 Å². The molecule has 0 atom stereocenters. The van der Waals surface area contributed by atoms with Gasteiger partial charge in [-0.1, -0.05) is 19.1 Å². The zero-order valence-corrected chi connectivity index (χ0v) is 15.9. The summed E-state index contributed by atoms with van der Waals surface area (Å²) in [6, 6.07) is 8.85. The molecule has 0 spiro atoms. The van der Waals surface area contributed by atoms with Crippen molar-refractivity contribution in [1.82, 2.24) is 18.7 Å². The molecular formula is C18H17N5O3S. The van der Waals surface area contributed by atoms with E-state index in [1.54, 1.807) is 24.3 Å². The minimum Gasteiger partial charge on any atom is -0.289 e. The first-order chi connectivity index (χ1) is 12.9. The number of rotatable bonds is 4. The fourth-order valence-electron chi connectivity index (χ4n) is 2.77. The van der Waals surface area contributed by atoms with E-state index in [-0.39, 0.29) is 16.1 Å². The minimum absolute atomic E-state index is 0.157. The van der Waals surface area contributed by atoms with Gasteiger partial charge in [-0.2, -0.15) is 5.26 Å². The second-order valence-electron chi connectivity index (χ2n) is 5.97. The van der Waals surface area contributed by atoms with Crippen LogP contribution in [0.15, 0.2) is 48.8 Å². The highest BCUT2D eigenvalue weighted by atomic mass is 32.2. The Balaban J connectivity index is 2.32. The quantitative estimate of drug-likeness (QED) is 0.496. The van der Waals surface area contributed by atoms with Gasteiger partial charge in [-0.15, -0.1) is 0 Å². The number of aromatic nitrogens is 4. The Hall–Kier alpha value is -3.12. The molecule has 3 rings (SSSR count). The molecule has 0 aliphatic carbocycles. The molecule has 0 aliphatic rings. The van der Waals surface area contributed by atoms with Crippen molar-refractivity contribution in [3.63, 3.8) is 0 Å². The first kappa shape index (κ1) is 18.7. The Morgan fingerprint density at radius 1 is 1.11 bits per heavy atom. The van der Waals surface area contributed by atoms with Crippen LogP contribution in [-0.4, -0.2) is 18.7 Å².